The van der Waals surface area contributed by atoms with Crippen LogP contribution in [0.3, 0.4) is 0 Å². The van der Waals surface area contributed by atoms with E-state index in [2.05, 4.69) is 10.1 Å². The van der Waals surface area contributed by atoms with E-state index in [0.717, 1.165) is 22.7 Å². The molecular weight excluding hydrogens is 441 g/mol. The van der Waals surface area contributed by atoms with Gasteiger partial charge in [-0.2, -0.15) is 5.10 Å². The lowest BCUT2D eigenvalue weighted by atomic mass is 10.1. The molecular formula is C21H27Cl2N5O3. The van der Waals surface area contributed by atoms with E-state index in [9.17, 15) is 4.79 Å². The molecule has 1 amide bonds. The summed E-state index contributed by atoms with van der Waals surface area (Å²) in [5.41, 5.74) is 8.24. The van der Waals surface area contributed by atoms with Gasteiger partial charge in [0.2, 0.25) is 5.88 Å². The second-order valence-electron chi connectivity index (χ2n) is 6.37. The number of hydrogen-bond acceptors (Lipinski definition) is 6. The van der Waals surface area contributed by atoms with Gasteiger partial charge >= 0.3 is 0 Å². The normalized spacial score (nSPS) is 9.94. The molecule has 2 N–H and O–H groups in total. The molecule has 3 aromatic rings. The highest BCUT2D eigenvalue weighted by Crippen LogP contribution is 2.27. The van der Waals surface area contributed by atoms with Crippen LogP contribution >= 0.6 is 24.8 Å². The van der Waals surface area contributed by atoms with Crippen LogP contribution in [0.5, 0.6) is 11.6 Å². The fraction of sp³-hybridized carbons (Fsp3) is 0.286. The molecule has 0 spiro atoms. The number of halogens is 2. The van der Waals surface area contributed by atoms with Gasteiger partial charge in [-0.3, -0.25) is 4.79 Å². The maximum absolute atomic E-state index is 12.7. The average molecular weight is 468 g/mol. The Kier molecular flexibility index (Phi) is 10.3. The number of carbonyl (C=O) groups excluding carboxylic acids is 1. The minimum atomic E-state index is -0.142. The highest BCUT2D eigenvalue weighted by Gasteiger charge is 2.19. The molecule has 0 aliphatic heterocycles. The molecule has 2 heterocycles. The van der Waals surface area contributed by atoms with Crippen molar-refractivity contribution in [1.82, 2.24) is 19.7 Å². The zero-order valence-corrected chi connectivity index (χ0v) is 19.3. The Morgan fingerprint density at radius 2 is 1.87 bits per heavy atom. The first-order valence-corrected chi connectivity index (χ1v) is 9.36. The molecule has 0 saturated carbocycles. The second-order valence-corrected chi connectivity index (χ2v) is 6.37. The fourth-order valence-electron chi connectivity index (χ4n) is 2.74. The van der Waals surface area contributed by atoms with Crippen molar-refractivity contribution in [2.75, 3.05) is 33.9 Å². The Labute approximate surface area is 194 Å². The van der Waals surface area contributed by atoms with Crippen molar-refractivity contribution in [1.29, 1.82) is 0 Å². The van der Waals surface area contributed by atoms with Crippen molar-refractivity contribution in [3.8, 4) is 28.6 Å². The summed E-state index contributed by atoms with van der Waals surface area (Å²) in [5.74, 6) is 1.10. The minimum Gasteiger partial charge on any atom is -0.492 e. The molecule has 0 bridgehead atoms. The number of ether oxygens (including phenoxy) is 2. The van der Waals surface area contributed by atoms with Gasteiger partial charge in [0.1, 0.15) is 12.4 Å². The molecule has 2 aromatic heterocycles. The Balaban J connectivity index is 0.00000240. The van der Waals surface area contributed by atoms with Crippen LogP contribution in [-0.4, -0.2) is 59.4 Å². The summed E-state index contributed by atoms with van der Waals surface area (Å²) < 4.78 is 12.4. The van der Waals surface area contributed by atoms with E-state index in [1.54, 1.807) is 42.1 Å². The summed E-state index contributed by atoms with van der Waals surface area (Å²) >= 11 is 0. The van der Waals surface area contributed by atoms with Crippen LogP contribution in [-0.2, 0) is 0 Å². The van der Waals surface area contributed by atoms with Gasteiger partial charge in [-0.15, -0.1) is 24.8 Å². The molecule has 0 fully saturated rings. The lowest BCUT2D eigenvalue weighted by Crippen LogP contribution is -2.26. The molecule has 0 aliphatic rings. The third kappa shape index (κ3) is 6.10. The second kappa shape index (κ2) is 12.1. The molecule has 0 saturated heterocycles. The number of rotatable bonds is 8. The molecule has 1 aromatic carbocycles. The van der Waals surface area contributed by atoms with Gasteiger partial charge in [0.25, 0.3) is 5.91 Å². The van der Waals surface area contributed by atoms with Crippen molar-refractivity contribution < 1.29 is 14.3 Å². The monoisotopic (exact) mass is 467 g/mol. The maximum Gasteiger partial charge on any atom is 0.274 e. The van der Waals surface area contributed by atoms with Gasteiger partial charge in [0, 0.05) is 31.8 Å². The largest absolute Gasteiger partial charge is 0.492 e. The van der Waals surface area contributed by atoms with Crippen molar-refractivity contribution in [2.24, 2.45) is 5.73 Å². The number of amides is 1. The first-order chi connectivity index (χ1) is 14.1. The van der Waals surface area contributed by atoms with Crippen LogP contribution in [0.4, 0.5) is 0 Å². The molecule has 3 rings (SSSR count). The predicted molar refractivity (Wildman–Crippen MR) is 125 cm³/mol. The predicted octanol–water partition coefficient (Wildman–Crippen LogP) is 3.22. The maximum atomic E-state index is 12.7. The highest BCUT2D eigenvalue weighted by atomic mass is 35.5. The van der Waals surface area contributed by atoms with Crippen molar-refractivity contribution in [3.05, 3.63) is 54.4 Å². The lowest BCUT2D eigenvalue weighted by Gasteiger charge is -2.11. The Hall–Kier alpha value is -2.81. The van der Waals surface area contributed by atoms with Gasteiger partial charge in [0.15, 0.2) is 5.69 Å². The van der Waals surface area contributed by atoms with Crippen LogP contribution in [0, 0.1) is 0 Å². The third-order valence-corrected chi connectivity index (χ3v) is 4.46. The number of hydrogen-bond donors (Lipinski definition) is 1. The smallest absolute Gasteiger partial charge is 0.274 e. The summed E-state index contributed by atoms with van der Waals surface area (Å²) in [4.78, 5) is 18.5. The molecule has 0 atom stereocenters. The highest BCUT2D eigenvalue weighted by molar-refractivity contribution is 5.93. The fourth-order valence-corrected chi connectivity index (χ4v) is 2.74. The first kappa shape index (κ1) is 26.2. The molecule has 168 valence electrons. The van der Waals surface area contributed by atoms with E-state index in [1.165, 1.54) is 0 Å². The van der Waals surface area contributed by atoms with Crippen LogP contribution < -0.4 is 15.2 Å². The third-order valence-electron chi connectivity index (χ3n) is 4.46. The van der Waals surface area contributed by atoms with E-state index in [1.807, 2.05) is 37.3 Å². The number of methoxy groups -OCH3 is 1. The van der Waals surface area contributed by atoms with Crippen LogP contribution in [0.25, 0.3) is 16.9 Å². The zero-order valence-electron chi connectivity index (χ0n) is 17.6. The molecule has 10 heteroatoms. The summed E-state index contributed by atoms with van der Waals surface area (Å²) in [5, 5.41) is 4.55. The van der Waals surface area contributed by atoms with E-state index in [0.29, 0.717) is 31.3 Å². The van der Waals surface area contributed by atoms with Crippen LogP contribution in [0.1, 0.15) is 17.4 Å². The van der Waals surface area contributed by atoms with Crippen LogP contribution in [0.15, 0.2) is 48.7 Å². The quantitative estimate of drug-likeness (QED) is 0.546. The van der Waals surface area contributed by atoms with E-state index in [-0.39, 0.29) is 30.7 Å². The molecule has 0 unspecified atom stereocenters. The number of pyridine rings is 1. The van der Waals surface area contributed by atoms with Crippen LogP contribution in [0.2, 0.25) is 0 Å². The Morgan fingerprint density at radius 1 is 1.16 bits per heavy atom. The molecule has 0 radical (unpaired) electrons. The molecule has 31 heavy (non-hydrogen) atoms. The summed E-state index contributed by atoms with van der Waals surface area (Å²) in [6.07, 6.45) is 1.66. The van der Waals surface area contributed by atoms with Crippen molar-refractivity contribution in [3.63, 3.8) is 0 Å². The topological polar surface area (TPSA) is 95.5 Å². The zero-order chi connectivity index (χ0) is 20.8. The van der Waals surface area contributed by atoms with E-state index in [4.69, 9.17) is 15.2 Å². The number of nitrogens with two attached hydrogens (primary N) is 1. The van der Waals surface area contributed by atoms with Crippen molar-refractivity contribution >= 4 is 30.7 Å². The summed E-state index contributed by atoms with van der Waals surface area (Å²) in [6.45, 7) is 3.42. The number of nitrogens with zero attached hydrogens (tertiary/aromatic N) is 4. The van der Waals surface area contributed by atoms with E-state index < -0.39 is 0 Å². The van der Waals surface area contributed by atoms with E-state index >= 15 is 0 Å². The van der Waals surface area contributed by atoms with Gasteiger partial charge in [0.05, 0.1) is 24.7 Å². The lowest BCUT2D eigenvalue weighted by molar-refractivity contribution is 0.0796. The van der Waals surface area contributed by atoms with Gasteiger partial charge in [-0.25, -0.2) is 9.67 Å². The molecule has 0 aliphatic carbocycles. The van der Waals surface area contributed by atoms with Gasteiger partial charge in [-0.1, -0.05) is 0 Å². The summed E-state index contributed by atoms with van der Waals surface area (Å²) in [6, 6.07) is 13.0. The van der Waals surface area contributed by atoms with Gasteiger partial charge in [-0.05, 0) is 43.3 Å². The number of benzene rings is 1. The Bertz CT molecular complexity index is 962. The SMILES string of the molecule is CCN(C)C(=O)c1cc(-c2ccc(OCCN)cc2)n(-c2ccc(OC)nc2)n1.Cl.Cl. The number of aromatic nitrogens is 3. The summed E-state index contributed by atoms with van der Waals surface area (Å²) in [7, 11) is 3.31. The standard InChI is InChI=1S/C21H25N5O3.2ClH/c1-4-25(2)21(27)18-13-19(15-5-8-17(9-6-15)29-12-11-22)26(24-18)16-7-10-20(28-3)23-14-16;;/h5-10,13-14H,4,11-12,22H2,1-3H3;2*1H. The number of carbonyl (C=O) groups is 1. The average Bonchev–Trinajstić information content (AvgIpc) is 3.22. The molecule has 8 nitrogen and oxygen atoms in total. The first-order valence-electron chi connectivity index (χ1n) is 9.36. The Morgan fingerprint density at radius 3 is 2.42 bits per heavy atom. The minimum absolute atomic E-state index is 0. The van der Waals surface area contributed by atoms with Gasteiger partial charge < -0.3 is 20.1 Å². The van der Waals surface area contributed by atoms with Crippen molar-refractivity contribution in [2.45, 2.75) is 6.92 Å².